The van der Waals surface area contributed by atoms with Crippen molar-refractivity contribution < 1.29 is 9.18 Å². The van der Waals surface area contributed by atoms with Crippen molar-refractivity contribution in [2.24, 2.45) is 0 Å². The third-order valence-corrected chi connectivity index (χ3v) is 2.22. The number of rotatable bonds is 2. The maximum absolute atomic E-state index is 13.0. The molecule has 0 aliphatic carbocycles. The van der Waals surface area contributed by atoms with Gasteiger partial charge in [0.25, 0.3) is 5.91 Å². The number of nitrogens with zero attached hydrogens (tertiary/aromatic N) is 2. The Morgan fingerprint density at radius 2 is 2.33 bits per heavy atom. The molecule has 0 spiro atoms. The summed E-state index contributed by atoms with van der Waals surface area (Å²) in [7, 11) is 1.45. The first-order valence-electron chi connectivity index (χ1n) is 4.14. The summed E-state index contributed by atoms with van der Waals surface area (Å²) >= 11 is 5.63. The summed E-state index contributed by atoms with van der Waals surface area (Å²) in [5.41, 5.74) is 0.0643. The van der Waals surface area contributed by atoms with Crippen LogP contribution in [0, 0.1) is 17.1 Å². The molecule has 0 fully saturated rings. The molecule has 0 atom stereocenters. The number of nitriles is 1. The summed E-state index contributed by atoms with van der Waals surface area (Å²) in [6.07, 6.45) is 0. The van der Waals surface area contributed by atoms with Crippen LogP contribution in [-0.2, 0) is 0 Å². The second kappa shape index (κ2) is 4.76. The van der Waals surface area contributed by atoms with Gasteiger partial charge in [-0.05, 0) is 12.1 Å². The van der Waals surface area contributed by atoms with Crippen LogP contribution in [0.25, 0.3) is 0 Å². The molecule has 15 heavy (non-hydrogen) atoms. The quantitative estimate of drug-likeness (QED) is 0.725. The van der Waals surface area contributed by atoms with Gasteiger partial charge in [-0.2, -0.15) is 5.26 Å². The van der Waals surface area contributed by atoms with Gasteiger partial charge in [0.2, 0.25) is 0 Å². The van der Waals surface area contributed by atoms with Crippen LogP contribution in [0.2, 0.25) is 5.02 Å². The molecule has 0 unspecified atom stereocenters. The summed E-state index contributed by atoms with van der Waals surface area (Å²) < 4.78 is 13.0. The number of carbonyl (C=O) groups is 1. The normalized spacial score (nSPS) is 9.47. The highest BCUT2D eigenvalue weighted by atomic mass is 35.5. The van der Waals surface area contributed by atoms with Gasteiger partial charge in [0.15, 0.2) is 0 Å². The van der Waals surface area contributed by atoms with E-state index >= 15 is 0 Å². The average molecular weight is 227 g/mol. The molecule has 0 N–H and O–H groups in total. The molecule has 0 bridgehead atoms. The highest BCUT2D eigenvalue weighted by molar-refractivity contribution is 6.33. The van der Waals surface area contributed by atoms with Crippen molar-refractivity contribution in [1.29, 1.82) is 5.26 Å². The molecule has 0 saturated carbocycles. The second-order valence-electron chi connectivity index (χ2n) is 2.92. The molecule has 1 amide bonds. The summed E-state index contributed by atoms with van der Waals surface area (Å²) in [4.78, 5) is 12.8. The summed E-state index contributed by atoms with van der Waals surface area (Å²) in [6, 6.07) is 5.81. The smallest absolute Gasteiger partial charge is 0.256 e. The highest BCUT2D eigenvalue weighted by Gasteiger charge is 2.16. The molecule has 0 saturated heterocycles. The molecule has 78 valence electrons. The van der Waals surface area contributed by atoms with Gasteiger partial charge in [0, 0.05) is 7.05 Å². The van der Waals surface area contributed by atoms with E-state index in [1.54, 1.807) is 0 Å². The van der Waals surface area contributed by atoms with E-state index < -0.39 is 11.7 Å². The Morgan fingerprint density at radius 3 is 2.93 bits per heavy atom. The lowest BCUT2D eigenvalue weighted by atomic mass is 10.2. The minimum atomic E-state index is -0.645. The van der Waals surface area contributed by atoms with E-state index in [-0.39, 0.29) is 17.1 Å². The van der Waals surface area contributed by atoms with Gasteiger partial charge in [0.05, 0.1) is 16.7 Å². The fourth-order valence-corrected chi connectivity index (χ4v) is 1.26. The lowest BCUT2D eigenvalue weighted by Gasteiger charge is -2.13. The number of hydrogen-bond acceptors (Lipinski definition) is 2. The zero-order valence-corrected chi connectivity index (χ0v) is 8.75. The molecule has 0 heterocycles. The van der Waals surface area contributed by atoms with E-state index in [1.165, 1.54) is 30.1 Å². The first-order valence-corrected chi connectivity index (χ1v) is 4.52. The van der Waals surface area contributed by atoms with Crippen molar-refractivity contribution in [1.82, 2.24) is 4.90 Å². The maximum Gasteiger partial charge on any atom is 0.256 e. The van der Waals surface area contributed by atoms with Crippen LogP contribution in [-0.4, -0.2) is 24.4 Å². The first-order chi connectivity index (χ1) is 7.07. The molecule has 0 aromatic heterocycles. The van der Waals surface area contributed by atoms with Crippen LogP contribution >= 0.6 is 11.6 Å². The lowest BCUT2D eigenvalue weighted by Crippen LogP contribution is -2.27. The third kappa shape index (κ3) is 2.45. The SMILES string of the molecule is CN(CC#N)C(=O)c1cccc(F)c1Cl. The number of amides is 1. The minimum absolute atomic E-state index is 0.0638. The van der Waals surface area contributed by atoms with Gasteiger partial charge in [-0.1, -0.05) is 17.7 Å². The molecule has 0 radical (unpaired) electrons. The number of halogens is 2. The predicted octanol–water partition coefficient (Wildman–Crippen LogP) is 2.07. The minimum Gasteiger partial charge on any atom is -0.328 e. The zero-order chi connectivity index (χ0) is 11.4. The summed E-state index contributed by atoms with van der Waals surface area (Å²) in [5.74, 6) is -1.12. The average Bonchev–Trinajstić information content (AvgIpc) is 2.21. The van der Waals surface area contributed by atoms with Crippen molar-refractivity contribution in [3.8, 4) is 6.07 Å². The van der Waals surface area contributed by atoms with Gasteiger partial charge in [-0.15, -0.1) is 0 Å². The Hall–Kier alpha value is -1.60. The summed E-state index contributed by atoms with van der Waals surface area (Å²) in [6.45, 7) is -0.0638. The van der Waals surface area contributed by atoms with Crippen LogP contribution in [0.3, 0.4) is 0 Å². The van der Waals surface area contributed by atoms with E-state index in [0.717, 1.165) is 0 Å². The maximum atomic E-state index is 13.0. The molecular weight excluding hydrogens is 219 g/mol. The standard InChI is InChI=1S/C10H8ClFN2O/c1-14(6-5-13)10(15)7-3-2-4-8(12)9(7)11/h2-4H,6H2,1H3. The van der Waals surface area contributed by atoms with Crippen LogP contribution in [0.15, 0.2) is 18.2 Å². The molecule has 0 aliphatic rings. The molecular formula is C10H8ClFN2O. The van der Waals surface area contributed by atoms with Gasteiger partial charge >= 0.3 is 0 Å². The zero-order valence-electron chi connectivity index (χ0n) is 8.00. The topological polar surface area (TPSA) is 44.1 Å². The molecule has 1 aromatic rings. The number of hydrogen-bond donors (Lipinski definition) is 0. The monoisotopic (exact) mass is 226 g/mol. The van der Waals surface area contributed by atoms with Crippen molar-refractivity contribution >= 4 is 17.5 Å². The van der Waals surface area contributed by atoms with Gasteiger partial charge < -0.3 is 4.90 Å². The van der Waals surface area contributed by atoms with Crippen LogP contribution < -0.4 is 0 Å². The van der Waals surface area contributed by atoms with Crippen LogP contribution in [0.5, 0.6) is 0 Å². The predicted molar refractivity (Wildman–Crippen MR) is 54.0 cm³/mol. The van der Waals surface area contributed by atoms with Crippen LogP contribution in [0.1, 0.15) is 10.4 Å². The van der Waals surface area contributed by atoms with Crippen molar-refractivity contribution in [2.75, 3.05) is 13.6 Å². The Kier molecular flexibility index (Phi) is 3.64. The van der Waals surface area contributed by atoms with Gasteiger partial charge in [-0.3, -0.25) is 4.79 Å². The van der Waals surface area contributed by atoms with E-state index in [9.17, 15) is 9.18 Å². The fourth-order valence-electron chi connectivity index (χ4n) is 1.05. The second-order valence-corrected chi connectivity index (χ2v) is 3.30. The Labute approximate surface area is 91.7 Å². The lowest BCUT2D eigenvalue weighted by molar-refractivity contribution is 0.0811. The molecule has 0 aliphatic heterocycles. The Balaban J connectivity index is 3.02. The van der Waals surface area contributed by atoms with E-state index in [2.05, 4.69) is 0 Å². The Morgan fingerprint density at radius 1 is 1.67 bits per heavy atom. The fraction of sp³-hybridized carbons (Fsp3) is 0.200. The molecule has 1 rings (SSSR count). The summed E-state index contributed by atoms with van der Waals surface area (Å²) in [5, 5.41) is 8.19. The first kappa shape index (κ1) is 11.5. The number of carbonyl (C=O) groups excluding carboxylic acids is 1. The van der Waals surface area contributed by atoms with Crippen LogP contribution in [0.4, 0.5) is 4.39 Å². The number of benzene rings is 1. The van der Waals surface area contributed by atoms with E-state index in [1.807, 2.05) is 6.07 Å². The van der Waals surface area contributed by atoms with Crippen molar-refractivity contribution in [3.63, 3.8) is 0 Å². The van der Waals surface area contributed by atoms with E-state index in [0.29, 0.717) is 0 Å². The van der Waals surface area contributed by atoms with E-state index in [4.69, 9.17) is 16.9 Å². The molecule has 1 aromatic carbocycles. The van der Waals surface area contributed by atoms with Gasteiger partial charge in [0.1, 0.15) is 12.4 Å². The molecule has 5 heteroatoms. The highest BCUT2D eigenvalue weighted by Crippen LogP contribution is 2.20. The van der Waals surface area contributed by atoms with Crippen molar-refractivity contribution in [2.45, 2.75) is 0 Å². The van der Waals surface area contributed by atoms with Gasteiger partial charge in [-0.25, -0.2) is 4.39 Å². The Bertz CT molecular complexity index is 428. The van der Waals surface area contributed by atoms with Crippen molar-refractivity contribution in [3.05, 3.63) is 34.6 Å². The molecule has 3 nitrogen and oxygen atoms in total. The third-order valence-electron chi connectivity index (χ3n) is 1.84. The largest absolute Gasteiger partial charge is 0.328 e.